The number of halogens is 3. The van der Waals surface area contributed by atoms with Gasteiger partial charge in [-0.2, -0.15) is 13.2 Å². The Kier molecular flexibility index (Phi) is 6.77. The molecule has 3 aromatic carbocycles. The molecular formula is C30H24F3N3O. The minimum absolute atomic E-state index is 0.0554. The van der Waals surface area contributed by atoms with Crippen molar-refractivity contribution in [2.75, 3.05) is 0 Å². The average molecular weight is 500 g/mol. The summed E-state index contributed by atoms with van der Waals surface area (Å²) in [4.78, 5) is 17.9. The van der Waals surface area contributed by atoms with Crippen LogP contribution in [0.5, 0.6) is 0 Å². The molecule has 5 aromatic rings. The van der Waals surface area contributed by atoms with E-state index in [4.69, 9.17) is 0 Å². The van der Waals surface area contributed by atoms with Crippen molar-refractivity contribution in [2.24, 2.45) is 0 Å². The summed E-state index contributed by atoms with van der Waals surface area (Å²) in [6.45, 7) is 0. The zero-order valence-corrected chi connectivity index (χ0v) is 19.8. The number of nitrogens with zero attached hydrogens (tertiary/aromatic N) is 2. The standard InChI is InChI=1S/C30H24F3N3O/c31-30(32,33)24-15-9-14-23(18-24)25(26-20-34-27-16-7-8-17-36(26)27)19-28(37)35-29(21-10-3-1-4-11-21)22-12-5-2-6-13-22/h1-18,20,25,29H,19H2,(H,35,37). The van der Waals surface area contributed by atoms with Crippen molar-refractivity contribution < 1.29 is 18.0 Å². The minimum atomic E-state index is -4.49. The van der Waals surface area contributed by atoms with Crippen LogP contribution in [0.4, 0.5) is 13.2 Å². The highest BCUT2D eigenvalue weighted by molar-refractivity contribution is 5.78. The van der Waals surface area contributed by atoms with Gasteiger partial charge in [0.25, 0.3) is 0 Å². The first-order chi connectivity index (χ1) is 17.9. The summed E-state index contributed by atoms with van der Waals surface area (Å²) in [5.74, 6) is -0.933. The summed E-state index contributed by atoms with van der Waals surface area (Å²) in [6.07, 6.45) is -1.12. The number of aromatic nitrogens is 2. The first kappa shape index (κ1) is 24.3. The van der Waals surface area contributed by atoms with Crippen LogP contribution in [-0.2, 0) is 11.0 Å². The molecule has 2 heterocycles. The molecule has 186 valence electrons. The Hall–Kier alpha value is -4.39. The van der Waals surface area contributed by atoms with Gasteiger partial charge in [0.2, 0.25) is 5.91 Å². The van der Waals surface area contributed by atoms with E-state index < -0.39 is 23.7 Å². The molecule has 0 saturated carbocycles. The zero-order valence-electron chi connectivity index (χ0n) is 19.8. The molecule has 0 saturated heterocycles. The molecule has 0 radical (unpaired) electrons. The van der Waals surface area contributed by atoms with Gasteiger partial charge in [-0.25, -0.2) is 4.98 Å². The van der Waals surface area contributed by atoms with E-state index in [-0.39, 0.29) is 12.3 Å². The predicted molar refractivity (Wildman–Crippen MR) is 136 cm³/mol. The van der Waals surface area contributed by atoms with Gasteiger partial charge in [0, 0.05) is 24.7 Å². The maximum Gasteiger partial charge on any atom is 0.416 e. The number of rotatable bonds is 7. The van der Waals surface area contributed by atoms with E-state index in [9.17, 15) is 18.0 Å². The van der Waals surface area contributed by atoms with E-state index >= 15 is 0 Å². The maximum absolute atomic E-state index is 13.5. The van der Waals surface area contributed by atoms with Gasteiger partial charge in [-0.15, -0.1) is 0 Å². The van der Waals surface area contributed by atoms with Crippen molar-refractivity contribution in [1.82, 2.24) is 14.7 Å². The number of imidazole rings is 1. The number of hydrogen-bond donors (Lipinski definition) is 1. The Labute approximate surface area is 212 Å². The van der Waals surface area contributed by atoms with E-state index in [1.807, 2.05) is 83.3 Å². The Morgan fingerprint density at radius 2 is 1.43 bits per heavy atom. The molecule has 7 heteroatoms. The number of fused-ring (bicyclic) bond motifs is 1. The summed E-state index contributed by atoms with van der Waals surface area (Å²) in [6, 6.07) is 29.4. The second-order valence-corrected chi connectivity index (χ2v) is 8.81. The predicted octanol–water partition coefficient (Wildman–Crippen LogP) is 6.78. The van der Waals surface area contributed by atoms with Crippen molar-refractivity contribution in [2.45, 2.75) is 24.6 Å². The number of carbonyl (C=O) groups excluding carboxylic acids is 1. The highest BCUT2D eigenvalue weighted by atomic mass is 19.4. The van der Waals surface area contributed by atoms with Crippen molar-refractivity contribution in [3.05, 3.63) is 143 Å². The molecule has 0 bridgehead atoms. The summed E-state index contributed by atoms with van der Waals surface area (Å²) in [5.41, 5.74) is 2.75. The summed E-state index contributed by atoms with van der Waals surface area (Å²) in [7, 11) is 0. The van der Waals surface area contributed by atoms with Gasteiger partial charge in [-0.3, -0.25) is 4.79 Å². The first-order valence-electron chi connectivity index (χ1n) is 11.9. The number of nitrogens with one attached hydrogen (secondary N) is 1. The van der Waals surface area contributed by atoms with E-state index in [1.165, 1.54) is 6.07 Å². The van der Waals surface area contributed by atoms with Gasteiger partial charge >= 0.3 is 6.18 Å². The van der Waals surface area contributed by atoms with Crippen LogP contribution in [0.15, 0.2) is 116 Å². The lowest BCUT2D eigenvalue weighted by Crippen LogP contribution is -2.30. The molecule has 0 aliphatic rings. The van der Waals surface area contributed by atoms with Gasteiger partial charge in [0.05, 0.1) is 17.3 Å². The van der Waals surface area contributed by atoms with Crippen LogP contribution in [0.3, 0.4) is 0 Å². The lowest BCUT2D eigenvalue weighted by atomic mass is 9.90. The zero-order chi connectivity index (χ0) is 25.8. The van der Waals surface area contributed by atoms with Crippen LogP contribution in [0, 0.1) is 0 Å². The molecule has 0 aliphatic carbocycles. The third-order valence-corrected chi connectivity index (χ3v) is 6.38. The molecule has 37 heavy (non-hydrogen) atoms. The number of hydrogen-bond acceptors (Lipinski definition) is 2. The molecule has 1 N–H and O–H groups in total. The number of carbonyl (C=O) groups is 1. The number of amides is 1. The van der Waals surface area contributed by atoms with Gasteiger partial charge in [-0.1, -0.05) is 84.9 Å². The first-order valence-corrected chi connectivity index (χ1v) is 11.9. The fourth-order valence-electron chi connectivity index (χ4n) is 4.59. The van der Waals surface area contributed by atoms with Crippen molar-refractivity contribution >= 4 is 11.6 Å². The third kappa shape index (κ3) is 5.40. The van der Waals surface area contributed by atoms with Crippen LogP contribution in [0.25, 0.3) is 5.65 Å². The smallest absolute Gasteiger partial charge is 0.345 e. The van der Waals surface area contributed by atoms with Crippen molar-refractivity contribution in [3.63, 3.8) is 0 Å². The largest absolute Gasteiger partial charge is 0.416 e. The molecule has 1 amide bonds. The number of benzene rings is 3. The monoisotopic (exact) mass is 499 g/mol. The van der Waals surface area contributed by atoms with E-state index in [0.29, 0.717) is 16.9 Å². The fraction of sp³-hybridized carbons (Fsp3) is 0.133. The Balaban J connectivity index is 1.51. The van der Waals surface area contributed by atoms with Gasteiger partial charge in [0.15, 0.2) is 0 Å². The Bertz CT molecular complexity index is 1460. The van der Waals surface area contributed by atoms with E-state index in [1.54, 1.807) is 18.5 Å². The summed E-state index contributed by atoms with van der Waals surface area (Å²) in [5, 5.41) is 3.11. The van der Waals surface area contributed by atoms with Crippen LogP contribution in [0.2, 0.25) is 0 Å². The molecule has 0 aliphatic heterocycles. The normalized spacial score (nSPS) is 12.5. The lowest BCUT2D eigenvalue weighted by Gasteiger charge is -2.23. The SMILES string of the molecule is O=C(CC(c1cccc(C(F)(F)F)c1)c1cnc2ccccn12)NC(c1ccccc1)c1ccccc1. The van der Waals surface area contributed by atoms with E-state index in [2.05, 4.69) is 10.3 Å². The van der Waals surface area contributed by atoms with Crippen LogP contribution in [0.1, 0.15) is 46.3 Å². The second kappa shape index (κ2) is 10.3. The van der Waals surface area contributed by atoms with Crippen LogP contribution < -0.4 is 5.32 Å². The molecule has 0 fully saturated rings. The molecule has 1 unspecified atom stereocenters. The van der Waals surface area contributed by atoms with Crippen LogP contribution in [-0.4, -0.2) is 15.3 Å². The Morgan fingerprint density at radius 1 is 0.811 bits per heavy atom. The van der Waals surface area contributed by atoms with Crippen LogP contribution >= 0.6 is 0 Å². The second-order valence-electron chi connectivity index (χ2n) is 8.81. The average Bonchev–Trinajstić information content (AvgIpc) is 3.35. The molecule has 1 atom stereocenters. The third-order valence-electron chi connectivity index (χ3n) is 6.38. The van der Waals surface area contributed by atoms with Crippen molar-refractivity contribution in [3.8, 4) is 0 Å². The van der Waals surface area contributed by atoms with Gasteiger partial charge in [-0.05, 0) is 34.9 Å². The molecule has 2 aromatic heterocycles. The summed E-state index contributed by atoms with van der Waals surface area (Å²) < 4.78 is 42.4. The number of pyridine rings is 1. The highest BCUT2D eigenvalue weighted by Gasteiger charge is 2.32. The number of alkyl halides is 3. The van der Waals surface area contributed by atoms with Gasteiger partial charge < -0.3 is 9.72 Å². The molecule has 5 rings (SSSR count). The quantitative estimate of drug-likeness (QED) is 0.268. The Morgan fingerprint density at radius 3 is 2.08 bits per heavy atom. The van der Waals surface area contributed by atoms with E-state index in [0.717, 1.165) is 23.3 Å². The van der Waals surface area contributed by atoms with Crippen molar-refractivity contribution in [1.29, 1.82) is 0 Å². The topological polar surface area (TPSA) is 46.4 Å². The highest BCUT2D eigenvalue weighted by Crippen LogP contribution is 2.35. The summed E-state index contributed by atoms with van der Waals surface area (Å²) >= 11 is 0. The minimum Gasteiger partial charge on any atom is -0.345 e. The molecule has 0 spiro atoms. The molecule has 4 nitrogen and oxygen atoms in total. The maximum atomic E-state index is 13.5. The van der Waals surface area contributed by atoms with Gasteiger partial charge in [0.1, 0.15) is 5.65 Å². The molecular weight excluding hydrogens is 475 g/mol. The fourth-order valence-corrected chi connectivity index (χ4v) is 4.59. The lowest BCUT2D eigenvalue weighted by molar-refractivity contribution is -0.137.